The van der Waals surface area contributed by atoms with Gasteiger partial charge in [0.05, 0.1) is 25.6 Å². The van der Waals surface area contributed by atoms with Crippen LogP contribution in [0, 0.1) is 0 Å². The molecule has 0 spiro atoms. The van der Waals surface area contributed by atoms with Gasteiger partial charge in [0.2, 0.25) is 0 Å². The zero-order chi connectivity index (χ0) is 13.2. The highest BCUT2D eigenvalue weighted by Gasteiger charge is 2.15. The monoisotopic (exact) mass is 254 g/mol. The number of rotatable bonds is 3. The molecule has 0 aliphatic carbocycles. The summed E-state index contributed by atoms with van der Waals surface area (Å²) in [5.41, 5.74) is 8.98. The number of benzene rings is 1. The summed E-state index contributed by atoms with van der Waals surface area (Å²) < 4.78 is 10.7. The normalized spacial score (nSPS) is 12.5. The van der Waals surface area contributed by atoms with Crippen LogP contribution >= 0.6 is 0 Å². The first-order valence-corrected chi connectivity index (χ1v) is 6.00. The second-order valence-corrected chi connectivity index (χ2v) is 4.32. The number of hydrogen-bond acceptors (Lipinski definition) is 4. The Balaban J connectivity index is 2.05. The molecule has 19 heavy (non-hydrogen) atoms. The molecule has 3 aromatic rings. The maximum atomic E-state index is 6.29. The first kappa shape index (κ1) is 11.7. The molecule has 0 aliphatic heterocycles. The molecular weight excluding hydrogens is 240 g/mol. The number of furan rings is 1. The van der Waals surface area contributed by atoms with Gasteiger partial charge in [-0.05, 0) is 17.7 Å². The van der Waals surface area contributed by atoms with Crippen LogP contribution < -0.4 is 10.5 Å². The number of para-hydroxylation sites is 1. The van der Waals surface area contributed by atoms with Crippen molar-refractivity contribution in [1.82, 2.24) is 4.98 Å². The molecule has 96 valence electrons. The number of nitrogens with zero attached hydrogens (tertiary/aromatic N) is 1. The highest BCUT2D eigenvalue weighted by atomic mass is 16.5. The van der Waals surface area contributed by atoms with Crippen LogP contribution in [0.25, 0.3) is 11.0 Å². The van der Waals surface area contributed by atoms with Crippen LogP contribution in [0.5, 0.6) is 5.75 Å². The van der Waals surface area contributed by atoms with E-state index in [1.807, 2.05) is 30.3 Å². The lowest BCUT2D eigenvalue weighted by Crippen LogP contribution is -2.11. The Kier molecular flexibility index (Phi) is 2.93. The highest BCUT2D eigenvalue weighted by Crippen LogP contribution is 2.29. The number of methoxy groups -OCH3 is 1. The fourth-order valence-corrected chi connectivity index (χ4v) is 2.14. The Morgan fingerprint density at radius 1 is 1.26 bits per heavy atom. The lowest BCUT2D eigenvalue weighted by molar-refractivity contribution is 0.412. The molecule has 1 unspecified atom stereocenters. The Labute approximate surface area is 110 Å². The molecule has 4 heteroatoms. The van der Waals surface area contributed by atoms with Crippen molar-refractivity contribution in [2.24, 2.45) is 5.73 Å². The Morgan fingerprint density at radius 2 is 2.11 bits per heavy atom. The van der Waals surface area contributed by atoms with E-state index >= 15 is 0 Å². The molecule has 0 radical (unpaired) electrons. The third-order valence-electron chi connectivity index (χ3n) is 3.18. The van der Waals surface area contributed by atoms with E-state index in [-0.39, 0.29) is 6.04 Å². The van der Waals surface area contributed by atoms with E-state index in [9.17, 15) is 0 Å². The van der Waals surface area contributed by atoms with Crippen molar-refractivity contribution in [2.75, 3.05) is 7.11 Å². The predicted molar refractivity (Wildman–Crippen MR) is 73.0 cm³/mol. The maximum Gasteiger partial charge on any atom is 0.137 e. The van der Waals surface area contributed by atoms with Gasteiger partial charge in [-0.1, -0.05) is 18.2 Å². The zero-order valence-corrected chi connectivity index (χ0v) is 10.5. The summed E-state index contributed by atoms with van der Waals surface area (Å²) in [5, 5.41) is 1.03. The van der Waals surface area contributed by atoms with E-state index in [1.54, 1.807) is 25.8 Å². The van der Waals surface area contributed by atoms with Gasteiger partial charge in [0.1, 0.15) is 11.3 Å². The third kappa shape index (κ3) is 2.06. The summed E-state index contributed by atoms with van der Waals surface area (Å²) in [6, 6.07) is 9.44. The average molecular weight is 254 g/mol. The van der Waals surface area contributed by atoms with Gasteiger partial charge in [0, 0.05) is 17.1 Å². The van der Waals surface area contributed by atoms with E-state index in [0.717, 1.165) is 22.1 Å². The van der Waals surface area contributed by atoms with Gasteiger partial charge in [0.15, 0.2) is 0 Å². The molecule has 2 N–H and O–H groups in total. The molecule has 2 aromatic heterocycles. The molecule has 1 atom stereocenters. The van der Waals surface area contributed by atoms with Crippen LogP contribution in [0.15, 0.2) is 53.4 Å². The number of fused-ring (bicyclic) bond motifs is 1. The first-order valence-electron chi connectivity index (χ1n) is 6.00. The molecule has 0 aliphatic rings. The minimum Gasteiger partial charge on any atom is -0.495 e. The first-order chi connectivity index (χ1) is 9.29. The minimum absolute atomic E-state index is 0.286. The van der Waals surface area contributed by atoms with Crippen LogP contribution in [0.3, 0.4) is 0 Å². The molecule has 0 amide bonds. The summed E-state index contributed by atoms with van der Waals surface area (Å²) in [7, 11) is 1.61. The smallest absolute Gasteiger partial charge is 0.137 e. The summed E-state index contributed by atoms with van der Waals surface area (Å²) in [4.78, 5) is 4.13. The highest BCUT2D eigenvalue weighted by molar-refractivity contribution is 5.81. The van der Waals surface area contributed by atoms with E-state index in [2.05, 4.69) is 4.98 Å². The molecule has 3 rings (SSSR count). The van der Waals surface area contributed by atoms with E-state index in [0.29, 0.717) is 5.75 Å². The van der Waals surface area contributed by atoms with Crippen molar-refractivity contribution in [1.29, 1.82) is 0 Å². The molecule has 1 aromatic carbocycles. The van der Waals surface area contributed by atoms with Gasteiger partial charge < -0.3 is 14.9 Å². The fourth-order valence-electron chi connectivity index (χ4n) is 2.14. The molecule has 0 bridgehead atoms. The average Bonchev–Trinajstić information content (AvgIpc) is 2.90. The van der Waals surface area contributed by atoms with Gasteiger partial charge in [-0.15, -0.1) is 0 Å². The van der Waals surface area contributed by atoms with E-state index < -0.39 is 0 Å². The molecule has 0 fully saturated rings. The van der Waals surface area contributed by atoms with Gasteiger partial charge in [0.25, 0.3) is 0 Å². The molecule has 4 nitrogen and oxygen atoms in total. The third-order valence-corrected chi connectivity index (χ3v) is 3.18. The lowest BCUT2D eigenvalue weighted by atomic mass is 10.0. The van der Waals surface area contributed by atoms with Gasteiger partial charge >= 0.3 is 0 Å². The largest absolute Gasteiger partial charge is 0.495 e. The molecular formula is C15H14N2O2. The zero-order valence-electron chi connectivity index (χ0n) is 10.5. The molecule has 2 heterocycles. The Morgan fingerprint density at radius 3 is 2.95 bits per heavy atom. The minimum atomic E-state index is -0.286. The van der Waals surface area contributed by atoms with Crippen molar-refractivity contribution in [3.8, 4) is 5.75 Å². The maximum absolute atomic E-state index is 6.29. The number of nitrogens with two attached hydrogens (primary N) is 1. The van der Waals surface area contributed by atoms with Crippen LogP contribution in [-0.4, -0.2) is 12.1 Å². The van der Waals surface area contributed by atoms with Gasteiger partial charge in [-0.3, -0.25) is 4.98 Å². The summed E-state index contributed by atoms with van der Waals surface area (Å²) in [6.07, 6.45) is 5.10. The SMILES string of the molecule is COc1cncc(C(N)c2coc3ccccc23)c1. The van der Waals surface area contributed by atoms with E-state index in [1.165, 1.54) is 0 Å². The van der Waals surface area contributed by atoms with E-state index in [4.69, 9.17) is 14.9 Å². The van der Waals surface area contributed by atoms with Crippen molar-refractivity contribution in [3.05, 3.63) is 60.1 Å². The Hall–Kier alpha value is -2.33. The van der Waals surface area contributed by atoms with Crippen molar-refractivity contribution in [3.63, 3.8) is 0 Å². The summed E-state index contributed by atoms with van der Waals surface area (Å²) in [6.45, 7) is 0. The van der Waals surface area contributed by atoms with Crippen LogP contribution in [0.2, 0.25) is 0 Å². The molecule has 0 saturated heterocycles. The molecule has 0 saturated carbocycles. The lowest BCUT2D eigenvalue weighted by Gasteiger charge is -2.11. The standard InChI is InChI=1S/C15H14N2O2/c1-18-11-6-10(7-17-8-11)15(16)13-9-19-14-5-3-2-4-12(13)14/h2-9,15H,16H2,1H3. The second kappa shape index (κ2) is 4.74. The summed E-state index contributed by atoms with van der Waals surface area (Å²) in [5.74, 6) is 0.695. The number of hydrogen-bond donors (Lipinski definition) is 1. The van der Waals surface area contributed by atoms with Crippen LogP contribution in [0.4, 0.5) is 0 Å². The Bertz CT molecular complexity index is 706. The van der Waals surface area contributed by atoms with Gasteiger partial charge in [-0.2, -0.15) is 0 Å². The van der Waals surface area contributed by atoms with Crippen LogP contribution in [0.1, 0.15) is 17.2 Å². The fraction of sp³-hybridized carbons (Fsp3) is 0.133. The number of ether oxygens (including phenoxy) is 1. The van der Waals surface area contributed by atoms with Crippen LogP contribution in [-0.2, 0) is 0 Å². The van der Waals surface area contributed by atoms with Crippen molar-refractivity contribution < 1.29 is 9.15 Å². The quantitative estimate of drug-likeness (QED) is 0.780. The van der Waals surface area contributed by atoms with Crippen molar-refractivity contribution >= 4 is 11.0 Å². The number of aromatic nitrogens is 1. The van der Waals surface area contributed by atoms with Gasteiger partial charge in [-0.25, -0.2) is 0 Å². The van der Waals surface area contributed by atoms with Crippen molar-refractivity contribution in [2.45, 2.75) is 6.04 Å². The topological polar surface area (TPSA) is 61.3 Å². The summed E-state index contributed by atoms with van der Waals surface area (Å²) >= 11 is 0. The predicted octanol–water partition coefficient (Wildman–Crippen LogP) is 2.88. The second-order valence-electron chi connectivity index (χ2n) is 4.32. The number of pyridine rings is 1.